The molecule has 134 valence electrons. The predicted octanol–water partition coefficient (Wildman–Crippen LogP) is 4.50. The quantitative estimate of drug-likeness (QED) is 0.782. The molecule has 1 aromatic carbocycles. The van der Waals surface area contributed by atoms with Crippen LogP contribution in [0.2, 0.25) is 5.02 Å². The normalized spacial score (nSPS) is 21.0. The Morgan fingerprint density at radius 3 is 2.46 bits per heavy atom. The molecule has 5 heteroatoms. The van der Waals surface area contributed by atoms with Crippen molar-refractivity contribution in [2.24, 2.45) is 17.8 Å². The largest absolute Gasteiger partial charge is 0.493 e. The third-order valence-electron chi connectivity index (χ3n) is 4.19. The third-order valence-corrected chi connectivity index (χ3v) is 4.47. The standard InChI is InChI=1S/C19H28ClNO3/c1-12(2)11-24-18-16(20)7-15(8-17(18)23-5)19(22)21-9-13(3)6-14(4)10-21/h7-8,12-14H,6,9-11H2,1-5H3. The van der Waals surface area contributed by atoms with Crippen LogP contribution in [0.4, 0.5) is 0 Å². The van der Waals surface area contributed by atoms with Crippen molar-refractivity contribution in [1.82, 2.24) is 4.90 Å². The number of halogens is 1. The molecule has 2 unspecified atom stereocenters. The Morgan fingerprint density at radius 1 is 1.29 bits per heavy atom. The number of likely N-dealkylation sites (tertiary alicyclic amines) is 1. The first kappa shape index (κ1) is 18.9. The van der Waals surface area contributed by atoms with Gasteiger partial charge in [0.1, 0.15) is 0 Å². The van der Waals surface area contributed by atoms with Gasteiger partial charge in [0.2, 0.25) is 0 Å². The summed E-state index contributed by atoms with van der Waals surface area (Å²) in [5.41, 5.74) is 0.551. The molecule has 1 aliphatic rings. The van der Waals surface area contributed by atoms with Gasteiger partial charge in [-0.05, 0) is 36.3 Å². The number of rotatable bonds is 5. The van der Waals surface area contributed by atoms with Gasteiger partial charge in [0.25, 0.3) is 5.91 Å². The van der Waals surface area contributed by atoms with Crippen molar-refractivity contribution < 1.29 is 14.3 Å². The highest BCUT2D eigenvalue weighted by Gasteiger charge is 2.27. The number of carbonyl (C=O) groups excluding carboxylic acids is 1. The zero-order valence-electron chi connectivity index (χ0n) is 15.3. The van der Waals surface area contributed by atoms with Crippen molar-refractivity contribution in [3.63, 3.8) is 0 Å². The van der Waals surface area contributed by atoms with Gasteiger partial charge >= 0.3 is 0 Å². The second-order valence-electron chi connectivity index (χ2n) is 7.35. The fraction of sp³-hybridized carbons (Fsp3) is 0.632. The molecule has 0 saturated carbocycles. The Bertz CT molecular complexity index is 578. The van der Waals surface area contributed by atoms with E-state index in [1.165, 1.54) is 0 Å². The van der Waals surface area contributed by atoms with Gasteiger partial charge in [-0.2, -0.15) is 0 Å². The van der Waals surface area contributed by atoms with Crippen LogP contribution < -0.4 is 9.47 Å². The number of carbonyl (C=O) groups is 1. The summed E-state index contributed by atoms with van der Waals surface area (Å²) < 4.78 is 11.2. The molecule has 0 radical (unpaired) electrons. The number of nitrogens with zero attached hydrogens (tertiary/aromatic N) is 1. The summed E-state index contributed by atoms with van der Waals surface area (Å²) in [5, 5.41) is 0.413. The number of piperidine rings is 1. The van der Waals surface area contributed by atoms with Crippen molar-refractivity contribution in [3.05, 3.63) is 22.7 Å². The molecule has 0 bridgehead atoms. The van der Waals surface area contributed by atoms with Crippen molar-refractivity contribution in [1.29, 1.82) is 0 Å². The number of methoxy groups -OCH3 is 1. The first-order chi connectivity index (χ1) is 11.3. The molecule has 1 heterocycles. The Morgan fingerprint density at radius 2 is 1.92 bits per heavy atom. The summed E-state index contributed by atoms with van der Waals surface area (Å²) >= 11 is 6.36. The van der Waals surface area contributed by atoms with E-state index in [4.69, 9.17) is 21.1 Å². The minimum absolute atomic E-state index is 0.00371. The SMILES string of the molecule is COc1cc(C(=O)N2CC(C)CC(C)C2)cc(Cl)c1OCC(C)C. The van der Waals surface area contributed by atoms with E-state index in [-0.39, 0.29) is 5.91 Å². The van der Waals surface area contributed by atoms with Crippen molar-refractivity contribution in [3.8, 4) is 11.5 Å². The maximum absolute atomic E-state index is 12.9. The summed E-state index contributed by atoms with van der Waals surface area (Å²) in [6, 6.07) is 3.42. The molecule has 0 aliphatic carbocycles. The molecular formula is C19H28ClNO3. The van der Waals surface area contributed by atoms with Crippen LogP contribution in [0, 0.1) is 17.8 Å². The second-order valence-corrected chi connectivity index (χ2v) is 7.76. The molecule has 1 aliphatic heterocycles. The topological polar surface area (TPSA) is 38.8 Å². The molecule has 1 fully saturated rings. The zero-order chi connectivity index (χ0) is 17.9. The highest BCUT2D eigenvalue weighted by molar-refractivity contribution is 6.32. The van der Waals surface area contributed by atoms with E-state index in [9.17, 15) is 4.79 Å². The molecule has 1 saturated heterocycles. The molecule has 0 aromatic heterocycles. The smallest absolute Gasteiger partial charge is 0.254 e. The van der Waals surface area contributed by atoms with Crippen LogP contribution in [0.3, 0.4) is 0 Å². The molecule has 1 aromatic rings. The molecular weight excluding hydrogens is 326 g/mol. The minimum atomic E-state index is 0.00371. The second kappa shape index (κ2) is 8.11. The summed E-state index contributed by atoms with van der Waals surface area (Å²) in [6.45, 7) is 10.6. The van der Waals surface area contributed by atoms with E-state index >= 15 is 0 Å². The Hall–Kier alpha value is -1.42. The van der Waals surface area contributed by atoms with Crippen LogP contribution in [-0.2, 0) is 0 Å². The van der Waals surface area contributed by atoms with Crippen LogP contribution in [-0.4, -0.2) is 37.6 Å². The molecule has 2 atom stereocenters. The Balaban J connectivity index is 2.24. The number of ether oxygens (including phenoxy) is 2. The van der Waals surface area contributed by atoms with Gasteiger partial charge in [-0.1, -0.05) is 39.3 Å². The fourth-order valence-corrected chi connectivity index (χ4v) is 3.51. The van der Waals surface area contributed by atoms with Gasteiger partial charge in [-0.15, -0.1) is 0 Å². The van der Waals surface area contributed by atoms with Crippen LogP contribution >= 0.6 is 11.6 Å². The molecule has 4 nitrogen and oxygen atoms in total. The van der Waals surface area contributed by atoms with Gasteiger partial charge in [0, 0.05) is 18.7 Å². The third kappa shape index (κ3) is 4.56. The van der Waals surface area contributed by atoms with Crippen LogP contribution in [0.5, 0.6) is 11.5 Å². The molecule has 0 spiro atoms. The lowest BCUT2D eigenvalue weighted by molar-refractivity contribution is 0.0622. The van der Waals surface area contributed by atoms with Crippen LogP contribution in [0.25, 0.3) is 0 Å². The number of benzene rings is 1. The summed E-state index contributed by atoms with van der Waals surface area (Å²) in [4.78, 5) is 14.8. The Kier molecular flexibility index (Phi) is 6.39. The van der Waals surface area contributed by atoms with Crippen molar-refractivity contribution in [2.45, 2.75) is 34.1 Å². The lowest BCUT2D eigenvalue weighted by Gasteiger charge is -2.35. The summed E-state index contributed by atoms with van der Waals surface area (Å²) in [7, 11) is 1.56. The monoisotopic (exact) mass is 353 g/mol. The van der Waals surface area contributed by atoms with E-state index < -0.39 is 0 Å². The van der Waals surface area contributed by atoms with Gasteiger partial charge in [-0.3, -0.25) is 4.79 Å². The first-order valence-corrected chi connectivity index (χ1v) is 8.99. The highest BCUT2D eigenvalue weighted by atomic mass is 35.5. The predicted molar refractivity (Wildman–Crippen MR) is 97.2 cm³/mol. The van der Waals surface area contributed by atoms with E-state index in [1.54, 1.807) is 19.2 Å². The zero-order valence-corrected chi connectivity index (χ0v) is 16.0. The maximum atomic E-state index is 12.9. The van der Waals surface area contributed by atoms with Crippen molar-refractivity contribution >= 4 is 17.5 Å². The van der Waals surface area contributed by atoms with E-state index in [0.717, 1.165) is 19.5 Å². The molecule has 0 N–H and O–H groups in total. The van der Waals surface area contributed by atoms with E-state index in [0.29, 0.717) is 46.4 Å². The average Bonchev–Trinajstić information content (AvgIpc) is 2.51. The highest BCUT2D eigenvalue weighted by Crippen LogP contribution is 2.37. The van der Waals surface area contributed by atoms with E-state index in [2.05, 4.69) is 27.7 Å². The lowest BCUT2D eigenvalue weighted by atomic mass is 9.91. The lowest BCUT2D eigenvalue weighted by Crippen LogP contribution is -2.42. The van der Waals surface area contributed by atoms with Gasteiger partial charge < -0.3 is 14.4 Å². The van der Waals surface area contributed by atoms with Crippen molar-refractivity contribution in [2.75, 3.05) is 26.8 Å². The first-order valence-electron chi connectivity index (χ1n) is 8.61. The minimum Gasteiger partial charge on any atom is -0.493 e. The van der Waals surface area contributed by atoms with Crippen LogP contribution in [0.15, 0.2) is 12.1 Å². The fourth-order valence-electron chi connectivity index (χ4n) is 3.24. The van der Waals surface area contributed by atoms with Crippen LogP contribution in [0.1, 0.15) is 44.5 Å². The number of hydrogen-bond acceptors (Lipinski definition) is 3. The number of amides is 1. The molecule has 1 amide bonds. The molecule has 2 rings (SSSR count). The maximum Gasteiger partial charge on any atom is 0.254 e. The Labute approximate surface area is 150 Å². The van der Waals surface area contributed by atoms with Gasteiger partial charge in [0.15, 0.2) is 11.5 Å². The number of hydrogen-bond donors (Lipinski definition) is 0. The summed E-state index contributed by atoms with van der Waals surface area (Å²) in [6.07, 6.45) is 1.16. The van der Waals surface area contributed by atoms with E-state index in [1.807, 2.05) is 4.90 Å². The average molecular weight is 354 g/mol. The summed E-state index contributed by atoms with van der Waals surface area (Å²) in [5.74, 6) is 2.43. The van der Waals surface area contributed by atoms with Gasteiger partial charge in [-0.25, -0.2) is 0 Å². The van der Waals surface area contributed by atoms with Gasteiger partial charge in [0.05, 0.1) is 18.7 Å². The molecule has 24 heavy (non-hydrogen) atoms.